The molecule has 2 aliphatic heterocycles. The van der Waals surface area contributed by atoms with Crippen LogP contribution in [-0.2, 0) is 35.3 Å². The third-order valence-electron chi connectivity index (χ3n) is 12.6. The van der Waals surface area contributed by atoms with E-state index in [4.69, 9.17) is 32.9 Å². The van der Waals surface area contributed by atoms with Crippen molar-refractivity contribution >= 4 is 67.2 Å². The standard InChI is InChI=1S/C48H67N11O2/c1-9-31-29(7)47-48-30(8)32(10-2)40(57-48)24-38-28(6)36(22-46(61)59(19-15-51)20-16-52)44(54-38)26-42-34(12-4)33(11-3)41(55-42)25-43-35(21-45(60)58(17-13-49)18-14-50)27(5)37(53-43)23-39(31)56-47/h23-26,53,55-56H,9-22,49-52H2,1-8H3. The normalized spacial score (nSPS) is 12.9. The maximum atomic E-state index is 14.0. The second-order valence-electron chi connectivity index (χ2n) is 16.2. The zero-order valence-electron chi connectivity index (χ0n) is 37.6. The fourth-order valence-electron chi connectivity index (χ4n) is 9.28. The first-order valence-corrected chi connectivity index (χ1v) is 22.1. The zero-order valence-corrected chi connectivity index (χ0v) is 37.6. The molecule has 4 aromatic heterocycles. The van der Waals surface area contributed by atoms with E-state index in [1.807, 2.05) is 0 Å². The average Bonchev–Trinajstić information content (AvgIpc) is 3.99. The van der Waals surface area contributed by atoms with Crippen molar-refractivity contribution in [2.75, 3.05) is 52.4 Å². The van der Waals surface area contributed by atoms with Gasteiger partial charge in [-0.1, -0.05) is 27.7 Å². The highest BCUT2D eigenvalue weighted by atomic mass is 16.2. The predicted molar refractivity (Wildman–Crippen MR) is 252 cm³/mol. The molecule has 6 rings (SSSR count). The molecule has 4 aromatic rings. The summed E-state index contributed by atoms with van der Waals surface area (Å²) in [5.41, 5.74) is 43.5. The Morgan fingerprint density at radius 1 is 0.508 bits per heavy atom. The van der Waals surface area contributed by atoms with Crippen molar-refractivity contribution in [2.45, 2.75) is 93.9 Å². The van der Waals surface area contributed by atoms with Gasteiger partial charge in [0.2, 0.25) is 11.8 Å². The first-order chi connectivity index (χ1) is 29.4. The second-order valence-corrected chi connectivity index (χ2v) is 16.2. The van der Waals surface area contributed by atoms with E-state index in [0.717, 1.165) is 121 Å². The summed E-state index contributed by atoms with van der Waals surface area (Å²) in [5, 5.41) is 0. The molecule has 10 bridgehead atoms. The molecule has 2 aliphatic rings. The maximum Gasteiger partial charge on any atom is 0.227 e. The summed E-state index contributed by atoms with van der Waals surface area (Å²) in [6.45, 7) is 20.3. The van der Waals surface area contributed by atoms with Crippen molar-refractivity contribution in [3.63, 3.8) is 0 Å². The minimum absolute atomic E-state index is 0.0181. The number of hydrogen-bond donors (Lipinski definition) is 7. The van der Waals surface area contributed by atoms with Gasteiger partial charge in [0.15, 0.2) is 0 Å². The van der Waals surface area contributed by atoms with Gasteiger partial charge in [-0.3, -0.25) is 9.59 Å². The van der Waals surface area contributed by atoms with E-state index in [0.29, 0.717) is 52.4 Å². The number of carbonyl (C=O) groups is 2. The van der Waals surface area contributed by atoms with E-state index >= 15 is 0 Å². The topological polar surface area (TPSA) is 218 Å². The van der Waals surface area contributed by atoms with Gasteiger partial charge in [0, 0.05) is 79.9 Å². The molecule has 0 aromatic carbocycles. The quantitative estimate of drug-likeness (QED) is 0.0673. The molecule has 61 heavy (non-hydrogen) atoms. The van der Waals surface area contributed by atoms with Crippen LogP contribution in [0.5, 0.6) is 0 Å². The van der Waals surface area contributed by atoms with E-state index in [-0.39, 0.29) is 24.7 Å². The number of rotatable bonds is 16. The molecule has 0 saturated carbocycles. The SMILES string of the molecule is CCC1=C(C)c2nc1cc1nc(cc3[nH]c(cc4[nH]c(cc5[nH]c2c(C)c5CC)c(C)c4CC(=O)N(CCN)CCN)c(CC)c3CC)C(CC(=O)N(CCN)CCN)=C1C. The van der Waals surface area contributed by atoms with Crippen LogP contribution in [0.25, 0.3) is 55.4 Å². The van der Waals surface area contributed by atoms with Gasteiger partial charge in [0.25, 0.3) is 0 Å². The lowest BCUT2D eigenvalue weighted by Gasteiger charge is -2.21. The number of aryl methyl sites for hydroxylation is 5. The Hall–Kier alpha value is -5.34. The zero-order chi connectivity index (χ0) is 44.1. The Morgan fingerprint density at radius 3 is 1.56 bits per heavy atom. The summed E-state index contributed by atoms with van der Waals surface area (Å²) >= 11 is 0. The molecule has 11 N–H and O–H groups in total. The van der Waals surface area contributed by atoms with Gasteiger partial charge < -0.3 is 47.7 Å². The van der Waals surface area contributed by atoms with Gasteiger partial charge in [0.05, 0.1) is 41.1 Å². The lowest BCUT2D eigenvalue weighted by molar-refractivity contribution is -0.130. The number of amides is 2. The molecule has 2 amide bonds. The van der Waals surface area contributed by atoms with E-state index in [9.17, 15) is 9.59 Å². The molecule has 0 aliphatic carbocycles. The van der Waals surface area contributed by atoms with Crippen molar-refractivity contribution in [2.24, 2.45) is 22.9 Å². The Balaban J connectivity index is 1.76. The summed E-state index contributed by atoms with van der Waals surface area (Å²) in [6.07, 6.45) is 3.53. The van der Waals surface area contributed by atoms with Gasteiger partial charge >= 0.3 is 0 Å². The molecule has 0 saturated heterocycles. The van der Waals surface area contributed by atoms with Crippen molar-refractivity contribution in [3.05, 3.63) is 80.4 Å². The third-order valence-corrected chi connectivity index (χ3v) is 12.6. The number of aromatic amines is 3. The van der Waals surface area contributed by atoms with Gasteiger partial charge in [-0.25, -0.2) is 9.97 Å². The van der Waals surface area contributed by atoms with Crippen molar-refractivity contribution in [1.82, 2.24) is 34.7 Å². The number of nitrogens with zero attached hydrogens (tertiary/aromatic N) is 4. The number of nitrogens with two attached hydrogens (primary N) is 4. The molecule has 0 fully saturated rings. The Kier molecular flexibility index (Phi) is 14.5. The highest BCUT2D eigenvalue weighted by Gasteiger charge is 2.26. The monoisotopic (exact) mass is 830 g/mol. The van der Waals surface area contributed by atoms with Crippen molar-refractivity contribution in [1.29, 1.82) is 0 Å². The van der Waals surface area contributed by atoms with Crippen LogP contribution in [0.3, 0.4) is 0 Å². The highest BCUT2D eigenvalue weighted by molar-refractivity contribution is 6.02. The summed E-state index contributed by atoms with van der Waals surface area (Å²) in [4.78, 5) is 53.4. The summed E-state index contributed by atoms with van der Waals surface area (Å²) in [6, 6.07) is 8.52. The number of fused-ring (bicyclic) bond motifs is 11. The van der Waals surface area contributed by atoms with Gasteiger partial charge in [0.1, 0.15) is 0 Å². The molecular formula is C48H67N11O2. The number of hydrogen-bond acceptors (Lipinski definition) is 8. The molecule has 6 heterocycles. The minimum atomic E-state index is -0.0376. The van der Waals surface area contributed by atoms with Crippen molar-refractivity contribution in [3.8, 4) is 0 Å². The molecule has 0 unspecified atom stereocenters. The van der Waals surface area contributed by atoms with E-state index in [1.54, 1.807) is 9.80 Å². The smallest absolute Gasteiger partial charge is 0.227 e. The fraction of sp³-hybridized carbons (Fsp3) is 0.458. The first kappa shape index (κ1) is 45.2. The van der Waals surface area contributed by atoms with Crippen LogP contribution in [-0.4, -0.2) is 98.9 Å². The molecule has 13 nitrogen and oxygen atoms in total. The number of allylic oxidation sites excluding steroid dienone is 3. The average molecular weight is 830 g/mol. The Labute approximate surface area is 360 Å². The highest BCUT2D eigenvalue weighted by Crippen LogP contribution is 2.39. The Bertz CT molecular complexity index is 2570. The van der Waals surface area contributed by atoms with Crippen LogP contribution in [0.2, 0.25) is 0 Å². The van der Waals surface area contributed by atoms with Crippen LogP contribution in [0, 0.1) is 13.8 Å². The lowest BCUT2D eigenvalue weighted by atomic mass is 9.99. The van der Waals surface area contributed by atoms with E-state index in [1.165, 1.54) is 16.7 Å². The summed E-state index contributed by atoms with van der Waals surface area (Å²) in [5.74, 6) is -0.0557. The minimum Gasteiger partial charge on any atom is -0.355 e. The fourth-order valence-corrected chi connectivity index (χ4v) is 9.28. The number of carbonyl (C=O) groups excluding carboxylic acids is 2. The predicted octanol–water partition coefficient (Wildman–Crippen LogP) is 6.36. The maximum absolute atomic E-state index is 14.0. The number of H-pyrrole nitrogens is 3. The van der Waals surface area contributed by atoms with Crippen LogP contribution in [0.15, 0.2) is 24.3 Å². The van der Waals surface area contributed by atoms with Crippen LogP contribution in [0.4, 0.5) is 0 Å². The van der Waals surface area contributed by atoms with Crippen molar-refractivity contribution < 1.29 is 9.59 Å². The van der Waals surface area contributed by atoms with Crippen LogP contribution in [0.1, 0.15) is 111 Å². The van der Waals surface area contributed by atoms with E-state index in [2.05, 4.69) is 94.6 Å². The summed E-state index contributed by atoms with van der Waals surface area (Å²) < 4.78 is 0. The largest absolute Gasteiger partial charge is 0.355 e. The molecule has 0 spiro atoms. The molecule has 13 heteroatoms. The van der Waals surface area contributed by atoms with Crippen LogP contribution >= 0.6 is 0 Å². The Morgan fingerprint density at radius 2 is 1.00 bits per heavy atom. The molecule has 0 radical (unpaired) electrons. The first-order valence-electron chi connectivity index (χ1n) is 22.1. The van der Waals surface area contributed by atoms with E-state index < -0.39 is 0 Å². The lowest BCUT2D eigenvalue weighted by Crippen LogP contribution is -2.39. The summed E-state index contributed by atoms with van der Waals surface area (Å²) in [7, 11) is 0. The van der Waals surface area contributed by atoms with Gasteiger partial charge in [-0.15, -0.1) is 0 Å². The second kappa shape index (κ2) is 19.6. The van der Waals surface area contributed by atoms with Crippen LogP contribution < -0.4 is 22.9 Å². The molecule has 326 valence electrons. The molecule has 0 atom stereocenters. The molecular weight excluding hydrogens is 763 g/mol. The number of aromatic nitrogens is 5. The van der Waals surface area contributed by atoms with Gasteiger partial charge in [-0.05, 0) is 133 Å². The third kappa shape index (κ3) is 8.88. The van der Waals surface area contributed by atoms with Gasteiger partial charge in [-0.2, -0.15) is 0 Å². The number of nitrogens with one attached hydrogen (secondary N) is 3.